The second-order valence-electron chi connectivity index (χ2n) is 5.12. The van der Waals surface area contributed by atoms with E-state index in [-0.39, 0.29) is 0 Å². The Kier molecular flexibility index (Phi) is 4.62. The maximum absolute atomic E-state index is 3.58. The zero-order valence-corrected chi connectivity index (χ0v) is 12.2. The molecule has 19 heavy (non-hydrogen) atoms. The van der Waals surface area contributed by atoms with Crippen LogP contribution in [-0.2, 0) is 13.0 Å². The van der Waals surface area contributed by atoms with Gasteiger partial charge >= 0.3 is 0 Å². The molecular formula is C18H23N. The molecule has 0 heterocycles. The van der Waals surface area contributed by atoms with Gasteiger partial charge in [-0.3, -0.25) is 0 Å². The number of hydrogen-bond donors (Lipinski definition) is 1. The number of nitrogens with one attached hydrogen (secondary N) is 1. The fourth-order valence-corrected chi connectivity index (χ4v) is 2.37. The lowest BCUT2D eigenvalue weighted by Gasteiger charge is -2.14. The average Bonchev–Trinajstić information content (AvgIpc) is 2.42. The second kappa shape index (κ2) is 6.42. The van der Waals surface area contributed by atoms with E-state index in [0.717, 1.165) is 13.0 Å². The molecule has 2 rings (SSSR count). The van der Waals surface area contributed by atoms with Crippen molar-refractivity contribution in [2.45, 2.75) is 40.2 Å². The molecule has 0 unspecified atom stereocenters. The first-order chi connectivity index (χ1) is 9.22. The van der Waals surface area contributed by atoms with Gasteiger partial charge in [-0.25, -0.2) is 0 Å². The minimum atomic E-state index is 0.897. The summed E-state index contributed by atoms with van der Waals surface area (Å²) in [4.78, 5) is 0. The number of hydrogen-bond acceptors (Lipinski definition) is 1. The molecule has 0 bridgehead atoms. The maximum Gasteiger partial charge on any atom is 0.0403 e. The minimum Gasteiger partial charge on any atom is -0.381 e. The van der Waals surface area contributed by atoms with Gasteiger partial charge in [0.1, 0.15) is 0 Å². The van der Waals surface area contributed by atoms with Crippen molar-refractivity contribution in [2.75, 3.05) is 5.32 Å². The lowest BCUT2D eigenvalue weighted by Crippen LogP contribution is -2.04. The summed E-state index contributed by atoms with van der Waals surface area (Å²) in [5.41, 5.74) is 6.82. The van der Waals surface area contributed by atoms with Gasteiger partial charge in [0, 0.05) is 12.2 Å². The predicted molar refractivity (Wildman–Crippen MR) is 83.7 cm³/mol. The molecular weight excluding hydrogens is 230 g/mol. The normalized spacial score (nSPS) is 10.5. The van der Waals surface area contributed by atoms with Gasteiger partial charge < -0.3 is 5.32 Å². The van der Waals surface area contributed by atoms with Crippen molar-refractivity contribution in [1.82, 2.24) is 0 Å². The molecule has 0 saturated heterocycles. The summed E-state index contributed by atoms with van der Waals surface area (Å²) in [5.74, 6) is 0. The van der Waals surface area contributed by atoms with Gasteiger partial charge in [-0.2, -0.15) is 0 Å². The molecule has 1 N–H and O–H groups in total. The van der Waals surface area contributed by atoms with Crippen molar-refractivity contribution in [1.29, 1.82) is 0 Å². The standard InChI is InChI=1S/C18H23N/c1-4-8-16-10-5-6-12-18(16)19-13-17-11-7-9-14(2)15(17)3/h5-7,9-12,19H,4,8,13H2,1-3H3. The zero-order chi connectivity index (χ0) is 13.7. The highest BCUT2D eigenvalue weighted by Crippen LogP contribution is 2.19. The Labute approximate surface area is 116 Å². The van der Waals surface area contributed by atoms with Crippen LogP contribution in [-0.4, -0.2) is 0 Å². The predicted octanol–water partition coefficient (Wildman–Crippen LogP) is 4.87. The van der Waals surface area contributed by atoms with Crippen LogP contribution in [0.5, 0.6) is 0 Å². The Morgan fingerprint density at radius 1 is 0.895 bits per heavy atom. The maximum atomic E-state index is 3.58. The Morgan fingerprint density at radius 3 is 2.42 bits per heavy atom. The Bertz CT molecular complexity index is 543. The van der Waals surface area contributed by atoms with Crippen molar-refractivity contribution >= 4 is 5.69 Å². The lowest BCUT2D eigenvalue weighted by molar-refractivity contribution is 0.919. The van der Waals surface area contributed by atoms with E-state index in [4.69, 9.17) is 0 Å². The van der Waals surface area contributed by atoms with Gasteiger partial charge in [-0.1, -0.05) is 49.7 Å². The summed E-state index contributed by atoms with van der Waals surface area (Å²) in [6, 6.07) is 15.1. The first-order valence-electron chi connectivity index (χ1n) is 7.09. The molecule has 1 nitrogen and oxygen atoms in total. The fraction of sp³-hybridized carbons (Fsp3) is 0.333. The summed E-state index contributed by atoms with van der Waals surface area (Å²) in [6.07, 6.45) is 2.32. The molecule has 0 amide bonds. The van der Waals surface area contributed by atoms with E-state index in [0.29, 0.717) is 0 Å². The van der Waals surface area contributed by atoms with Crippen molar-refractivity contribution in [2.24, 2.45) is 0 Å². The Hall–Kier alpha value is -1.76. The zero-order valence-electron chi connectivity index (χ0n) is 12.2. The van der Waals surface area contributed by atoms with Crippen molar-refractivity contribution in [3.63, 3.8) is 0 Å². The monoisotopic (exact) mass is 253 g/mol. The highest BCUT2D eigenvalue weighted by molar-refractivity contribution is 5.52. The van der Waals surface area contributed by atoms with Crippen LogP contribution in [0.15, 0.2) is 42.5 Å². The molecule has 100 valence electrons. The van der Waals surface area contributed by atoms with Crippen LogP contribution >= 0.6 is 0 Å². The van der Waals surface area contributed by atoms with Crippen LogP contribution in [0.25, 0.3) is 0 Å². The fourth-order valence-electron chi connectivity index (χ4n) is 2.37. The number of benzene rings is 2. The molecule has 0 aliphatic heterocycles. The van der Waals surface area contributed by atoms with Crippen LogP contribution < -0.4 is 5.32 Å². The van der Waals surface area contributed by atoms with Crippen molar-refractivity contribution < 1.29 is 0 Å². The van der Waals surface area contributed by atoms with E-state index in [1.54, 1.807) is 0 Å². The smallest absolute Gasteiger partial charge is 0.0403 e. The van der Waals surface area contributed by atoms with Gasteiger partial charge in [0.15, 0.2) is 0 Å². The number of aryl methyl sites for hydroxylation is 2. The number of para-hydroxylation sites is 1. The summed E-state index contributed by atoms with van der Waals surface area (Å²) in [7, 11) is 0. The molecule has 0 aliphatic rings. The van der Waals surface area contributed by atoms with E-state index in [9.17, 15) is 0 Å². The molecule has 0 aliphatic carbocycles. The third-order valence-electron chi connectivity index (χ3n) is 3.72. The largest absolute Gasteiger partial charge is 0.381 e. The molecule has 2 aromatic carbocycles. The third kappa shape index (κ3) is 3.37. The lowest BCUT2D eigenvalue weighted by atomic mass is 10.0. The molecule has 0 fully saturated rings. The first-order valence-corrected chi connectivity index (χ1v) is 7.09. The van der Waals surface area contributed by atoms with Crippen LogP contribution in [0, 0.1) is 13.8 Å². The van der Waals surface area contributed by atoms with Crippen molar-refractivity contribution in [3.8, 4) is 0 Å². The van der Waals surface area contributed by atoms with E-state index in [1.165, 1.54) is 34.4 Å². The van der Waals surface area contributed by atoms with Gasteiger partial charge in [-0.05, 0) is 48.6 Å². The van der Waals surface area contributed by atoms with Crippen LogP contribution in [0.4, 0.5) is 5.69 Å². The topological polar surface area (TPSA) is 12.0 Å². The SMILES string of the molecule is CCCc1ccccc1NCc1cccc(C)c1C. The summed E-state index contributed by atoms with van der Waals surface area (Å²) in [6.45, 7) is 7.49. The number of anilines is 1. The van der Waals surface area contributed by atoms with Crippen LogP contribution in [0.1, 0.15) is 35.6 Å². The molecule has 0 aromatic heterocycles. The first kappa shape index (κ1) is 13.7. The highest BCUT2D eigenvalue weighted by Gasteiger charge is 2.03. The molecule has 0 spiro atoms. The van der Waals surface area contributed by atoms with Crippen molar-refractivity contribution in [3.05, 3.63) is 64.7 Å². The third-order valence-corrected chi connectivity index (χ3v) is 3.72. The van der Waals surface area contributed by atoms with E-state index >= 15 is 0 Å². The highest BCUT2D eigenvalue weighted by atomic mass is 14.9. The van der Waals surface area contributed by atoms with E-state index in [1.807, 2.05) is 0 Å². The second-order valence-corrected chi connectivity index (χ2v) is 5.12. The summed E-state index contributed by atoms with van der Waals surface area (Å²) >= 11 is 0. The van der Waals surface area contributed by atoms with Gasteiger partial charge in [0.25, 0.3) is 0 Å². The molecule has 0 radical (unpaired) electrons. The summed E-state index contributed by atoms with van der Waals surface area (Å²) < 4.78 is 0. The Balaban J connectivity index is 2.12. The average molecular weight is 253 g/mol. The molecule has 2 aromatic rings. The van der Waals surface area contributed by atoms with Gasteiger partial charge in [-0.15, -0.1) is 0 Å². The van der Waals surface area contributed by atoms with Crippen LogP contribution in [0.2, 0.25) is 0 Å². The van der Waals surface area contributed by atoms with Crippen LogP contribution in [0.3, 0.4) is 0 Å². The van der Waals surface area contributed by atoms with Gasteiger partial charge in [0.05, 0.1) is 0 Å². The number of rotatable bonds is 5. The molecule has 0 atom stereocenters. The molecule has 1 heteroatoms. The summed E-state index contributed by atoms with van der Waals surface area (Å²) in [5, 5.41) is 3.58. The minimum absolute atomic E-state index is 0.897. The van der Waals surface area contributed by atoms with Gasteiger partial charge in [0.2, 0.25) is 0 Å². The quantitative estimate of drug-likeness (QED) is 0.801. The molecule has 0 saturated carbocycles. The Morgan fingerprint density at radius 2 is 1.63 bits per heavy atom. The van der Waals surface area contributed by atoms with E-state index in [2.05, 4.69) is 68.6 Å². The van der Waals surface area contributed by atoms with E-state index < -0.39 is 0 Å².